The molecule has 0 radical (unpaired) electrons. The number of thiocarbonyl (C=S) groups is 1. The van der Waals surface area contributed by atoms with Crippen LogP contribution in [-0.4, -0.2) is 61.0 Å². The standard InChI is InChI=1S/C29H41ClN6OS/c1-21-16-22(2)19-36(18-21)26-17-25(35-12-14-37-15-13-35)32-27(33-26)34-28(38)31-20-29(10-4-3-5-11-29)23-6-8-24(30)9-7-23/h6-9,17,21-22H,3-5,10-16,18-20H2,1-2H3,(H2,31,32,33,34,38)/t21-,22-/m1/s1. The molecule has 5 rings (SSSR count). The Morgan fingerprint density at radius 3 is 2.29 bits per heavy atom. The maximum atomic E-state index is 6.19. The largest absolute Gasteiger partial charge is 0.378 e. The Bertz CT molecular complexity index is 1080. The fourth-order valence-corrected chi connectivity index (χ4v) is 6.73. The van der Waals surface area contributed by atoms with Gasteiger partial charge in [-0.05, 0) is 61.0 Å². The van der Waals surface area contributed by atoms with E-state index in [1.54, 1.807) is 0 Å². The van der Waals surface area contributed by atoms with Gasteiger partial charge in [0.1, 0.15) is 11.6 Å². The molecule has 1 aromatic heterocycles. The first-order valence-corrected chi connectivity index (χ1v) is 15.0. The summed E-state index contributed by atoms with van der Waals surface area (Å²) in [4.78, 5) is 14.5. The van der Waals surface area contributed by atoms with E-state index in [4.69, 9.17) is 38.5 Å². The van der Waals surface area contributed by atoms with Crippen molar-refractivity contribution in [2.45, 2.75) is 57.8 Å². The van der Waals surface area contributed by atoms with Crippen molar-refractivity contribution < 1.29 is 4.74 Å². The number of morpholine rings is 1. The maximum Gasteiger partial charge on any atom is 0.232 e. The van der Waals surface area contributed by atoms with Crippen molar-refractivity contribution in [2.75, 3.05) is 61.1 Å². The number of benzene rings is 1. The van der Waals surface area contributed by atoms with Gasteiger partial charge in [-0.1, -0.05) is 56.8 Å². The normalized spacial score (nSPS) is 23.7. The third-order valence-corrected chi connectivity index (χ3v) is 8.81. The summed E-state index contributed by atoms with van der Waals surface area (Å²) in [6, 6.07) is 10.5. The highest BCUT2D eigenvalue weighted by molar-refractivity contribution is 7.80. The average Bonchev–Trinajstić information content (AvgIpc) is 2.92. The van der Waals surface area contributed by atoms with Gasteiger partial charge in [0.05, 0.1) is 13.2 Å². The predicted octanol–water partition coefficient (Wildman–Crippen LogP) is 5.64. The van der Waals surface area contributed by atoms with Gasteiger partial charge in [0, 0.05) is 49.2 Å². The lowest BCUT2D eigenvalue weighted by molar-refractivity contribution is 0.122. The molecular formula is C29H41ClN6OS. The second kappa shape index (κ2) is 12.3. The lowest BCUT2D eigenvalue weighted by Crippen LogP contribution is -2.44. The Hall–Kier alpha value is -2.16. The molecule has 38 heavy (non-hydrogen) atoms. The van der Waals surface area contributed by atoms with Crippen LogP contribution in [0.4, 0.5) is 17.6 Å². The first-order chi connectivity index (χ1) is 18.4. The van der Waals surface area contributed by atoms with E-state index in [0.29, 0.717) is 36.1 Å². The molecule has 0 unspecified atom stereocenters. The minimum Gasteiger partial charge on any atom is -0.378 e. The van der Waals surface area contributed by atoms with Crippen LogP contribution < -0.4 is 20.4 Å². The van der Waals surface area contributed by atoms with E-state index in [-0.39, 0.29) is 5.41 Å². The molecule has 206 valence electrons. The summed E-state index contributed by atoms with van der Waals surface area (Å²) in [6.07, 6.45) is 7.28. The van der Waals surface area contributed by atoms with E-state index >= 15 is 0 Å². The van der Waals surface area contributed by atoms with Crippen LogP contribution >= 0.6 is 23.8 Å². The lowest BCUT2D eigenvalue weighted by atomic mass is 9.69. The number of nitrogens with zero attached hydrogens (tertiary/aromatic N) is 4. The molecule has 0 bridgehead atoms. The molecule has 9 heteroatoms. The summed E-state index contributed by atoms with van der Waals surface area (Å²) >= 11 is 12.0. The molecule has 2 saturated heterocycles. The van der Waals surface area contributed by atoms with Crippen molar-refractivity contribution in [3.8, 4) is 0 Å². The summed E-state index contributed by atoms with van der Waals surface area (Å²) < 4.78 is 5.58. The van der Waals surface area contributed by atoms with Gasteiger partial charge in [0.2, 0.25) is 5.95 Å². The summed E-state index contributed by atoms with van der Waals surface area (Å²) in [5.41, 5.74) is 1.38. The van der Waals surface area contributed by atoms with E-state index in [0.717, 1.165) is 62.2 Å². The Morgan fingerprint density at radius 1 is 1.00 bits per heavy atom. The third-order valence-electron chi connectivity index (χ3n) is 8.31. The number of ether oxygens (including phenoxy) is 1. The second-order valence-electron chi connectivity index (χ2n) is 11.5. The topological polar surface area (TPSA) is 65.6 Å². The van der Waals surface area contributed by atoms with Crippen molar-refractivity contribution in [3.63, 3.8) is 0 Å². The predicted molar refractivity (Wildman–Crippen MR) is 161 cm³/mol. The van der Waals surface area contributed by atoms with Crippen LogP contribution in [0.1, 0.15) is 57.9 Å². The monoisotopic (exact) mass is 556 g/mol. The van der Waals surface area contributed by atoms with E-state index in [1.165, 1.54) is 31.2 Å². The second-order valence-corrected chi connectivity index (χ2v) is 12.4. The summed E-state index contributed by atoms with van der Waals surface area (Å²) in [6.45, 7) is 10.5. The molecule has 3 fully saturated rings. The van der Waals surface area contributed by atoms with Gasteiger partial charge in [0.25, 0.3) is 0 Å². The van der Waals surface area contributed by atoms with Crippen LogP contribution in [0.3, 0.4) is 0 Å². The minimum atomic E-state index is 0.0519. The maximum absolute atomic E-state index is 6.19. The first-order valence-electron chi connectivity index (χ1n) is 14.2. The molecule has 2 atom stereocenters. The molecule has 0 amide bonds. The van der Waals surface area contributed by atoms with E-state index < -0.39 is 0 Å². The van der Waals surface area contributed by atoms with Crippen LogP contribution in [-0.2, 0) is 10.2 Å². The van der Waals surface area contributed by atoms with Crippen LogP contribution in [0.15, 0.2) is 30.3 Å². The van der Waals surface area contributed by atoms with E-state index in [1.807, 2.05) is 12.1 Å². The Kier molecular flexibility index (Phi) is 8.91. The van der Waals surface area contributed by atoms with Gasteiger partial charge in [-0.3, -0.25) is 0 Å². The van der Waals surface area contributed by atoms with Gasteiger partial charge >= 0.3 is 0 Å². The molecule has 2 aliphatic heterocycles. The number of rotatable bonds is 6. The number of aromatic nitrogens is 2. The van der Waals surface area contributed by atoms with Crippen LogP contribution in [0.25, 0.3) is 0 Å². The SMILES string of the molecule is C[C@@H]1C[C@@H](C)CN(c2cc(N3CCOCC3)nc(NC(=S)NCC3(c4ccc(Cl)cc4)CCCCC3)n2)C1. The minimum absolute atomic E-state index is 0.0519. The highest BCUT2D eigenvalue weighted by atomic mass is 35.5. The molecule has 3 aliphatic rings. The molecule has 3 heterocycles. The summed E-state index contributed by atoms with van der Waals surface area (Å²) in [5.74, 6) is 3.73. The number of hydrogen-bond acceptors (Lipinski definition) is 6. The number of piperidine rings is 1. The van der Waals surface area contributed by atoms with Crippen LogP contribution in [0.5, 0.6) is 0 Å². The fourth-order valence-electron chi connectivity index (χ4n) is 6.44. The number of halogens is 1. The van der Waals surface area contributed by atoms with Crippen molar-refractivity contribution in [1.29, 1.82) is 0 Å². The molecule has 1 aliphatic carbocycles. The first kappa shape index (κ1) is 27.4. The number of anilines is 3. The van der Waals surface area contributed by atoms with Crippen molar-refractivity contribution in [2.24, 2.45) is 11.8 Å². The lowest BCUT2D eigenvalue weighted by Gasteiger charge is -2.38. The molecule has 0 spiro atoms. The zero-order chi connectivity index (χ0) is 26.5. The quantitative estimate of drug-likeness (QED) is 0.443. The molecular weight excluding hydrogens is 516 g/mol. The summed E-state index contributed by atoms with van der Waals surface area (Å²) in [7, 11) is 0. The van der Waals surface area contributed by atoms with Crippen molar-refractivity contribution in [3.05, 3.63) is 40.9 Å². The zero-order valence-electron chi connectivity index (χ0n) is 22.7. The summed E-state index contributed by atoms with van der Waals surface area (Å²) in [5, 5.41) is 8.20. The highest BCUT2D eigenvalue weighted by Crippen LogP contribution is 2.39. The van der Waals surface area contributed by atoms with Gasteiger partial charge in [-0.15, -0.1) is 0 Å². The zero-order valence-corrected chi connectivity index (χ0v) is 24.3. The van der Waals surface area contributed by atoms with Crippen LogP contribution in [0, 0.1) is 11.8 Å². The molecule has 1 saturated carbocycles. The Labute approximate surface area is 237 Å². The molecule has 2 N–H and O–H groups in total. The van der Waals surface area contributed by atoms with Gasteiger partial charge < -0.3 is 25.2 Å². The fraction of sp³-hybridized carbons (Fsp3) is 0.621. The van der Waals surface area contributed by atoms with Gasteiger partial charge in [-0.2, -0.15) is 9.97 Å². The van der Waals surface area contributed by atoms with E-state index in [2.05, 4.69) is 52.5 Å². The van der Waals surface area contributed by atoms with Crippen molar-refractivity contribution >= 4 is 46.5 Å². The average molecular weight is 557 g/mol. The third kappa shape index (κ3) is 6.69. The Balaban J connectivity index is 1.33. The molecule has 1 aromatic carbocycles. The molecule has 2 aromatic rings. The van der Waals surface area contributed by atoms with Crippen molar-refractivity contribution in [1.82, 2.24) is 15.3 Å². The van der Waals surface area contributed by atoms with Gasteiger partial charge in [0.15, 0.2) is 5.11 Å². The molecule has 7 nitrogen and oxygen atoms in total. The Morgan fingerprint density at radius 2 is 1.63 bits per heavy atom. The smallest absolute Gasteiger partial charge is 0.232 e. The number of hydrogen-bond donors (Lipinski definition) is 2. The van der Waals surface area contributed by atoms with Gasteiger partial charge in [-0.25, -0.2) is 0 Å². The highest BCUT2D eigenvalue weighted by Gasteiger charge is 2.34. The van der Waals surface area contributed by atoms with E-state index in [9.17, 15) is 0 Å². The number of nitrogens with one attached hydrogen (secondary N) is 2. The van der Waals surface area contributed by atoms with Crippen LogP contribution in [0.2, 0.25) is 5.02 Å².